The van der Waals surface area contributed by atoms with Crippen molar-refractivity contribution in [1.82, 2.24) is 9.88 Å². The van der Waals surface area contributed by atoms with Gasteiger partial charge in [0.25, 0.3) is 0 Å². The molecular weight excluding hydrogens is 320 g/mol. The molecule has 1 aromatic carbocycles. The molecule has 1 fully saturated rings. The number of hydrogen-bond donors (Lipinski definition) is 1. The molecule has 0 spiro atoms. The predicted octanol–water partition coefficient (Wildman–Crippen LogP) is 3.63. The van der Waals surface area contributed by atoms with Crippen molar-refractivity contribution < 1.29 is 9.90 Å². The molecule has 0 radical (unpaired) electrons. The Kier molecular flexibility index (Phi) is 5.85. The molecule has 1 unspecified atom stereocenters. The minimum Gasteiger partial charge on any atom is -0.393 e. The van der Waals surface area contributed by atoms with E-state index in [1.807, 2.05) is 24.0 Å². The van der Waals surface area contributed by atoms with Crippen molar-refractivity contribution in [3.05, 3.63) is 29.3 Å². The van der Waals surface area contributed by atoms with Crippen LogP contribution >= 0.6 is 11.3 Å². The summed E-state index contributed by atoms with van der Waals surface area (Å²) in [4.78, 5) is 18.9. The van der Waals surface area contributed by atoms with Gasteiger partial charge in [-0.15, -0.1) is 11.3 Å². The Balaban J connectivity index is 1.38. The van der Waals surface area contributed by atoms with Gasteiger partial charge in [0, 0.05) is 19.5 Å². The molecule has 1 amide bonds. The van der Waals surface area contributed by atoms with Crippen molar-refractivity contribution in [3.63, 3.8) is 0 Å². The van der Waals surface area contributed by atoms with E-state index in [1.165, 1.54) is 9.71 Å². The molecule has 2 heterocycles. The first-order valence-electron chi connectivity index (χ1n) is 8.94. The average Bonchev–Trinajstić information content (AvgIpc) is 3.01. The zero-order valence-corrected chi connectivity index (χ0v) is 15.1. The van der Waals surface area contributed by atoms with Crippen molar-refractivity contribution >= 4 is 27.5 Å². The highest BCUT2D eigenvalue weighted by Gasteiger charge is 2.24. The topological polar surface area (TPSA) is 53.4 Å². The summed E-state index contributed by atoms with van der Waals surface area (Å²) in [6.45, 7) is 3.45. The SMILES string of the molecule is CC(O)C1CCN(C(=O)CCCCc2nc3ccccc3s2)CC1. The first-order valence-corrected chi connectivity index (χ1v) is 9.75. The number of aliphatic hydroxyl groups is 1. The van der Waals surface area contributed by atoms with E-state index in [4.69, 9.17) is 0 Å². The second-order valence-electron chi connectivity index (χ2n) is 6.74. The number of unbranched alkanes of at least 4 members (excludes halogenated alkanes) is 1. The fourth-order valence-corrected chi connectivity index (χ4v) is 4.38. The van der Waals surface area contributed by atoms with Crippen LogP contribution < -0.4 is 0 Å². The summed E-state index contributed by atoms with van der Waals surface area (Å²) in [5, 5.41) is 10.8. The second-order valence-corrected chi connectivity index (χ2v) is 7.86. The monoisotopic (exact) mass is 346 g/mol. The van der Waals surface area contributed by atoms with E-state index in [1.54, 1.807) is 11.3 Å². The van der Waals surface area contributed by atoms with Gasteiger partial charge < -0.3 is 10.0 Å². The van der Waals surface area contributed by atoms with Crippen molar-refractivity contribution in [2.24, 2.45) is 5.92 Å². The Hall–Kier alpha value is -1.46. The van der Waals surface area contributed by atoms with Crippen molar-refractivity contribution in [2.75, 3.05) is 13.1 Å². The van der Waals surface area contributed by atoms with Crippen molar-refractivity contribution in [3.8, 4) is 0 Å². The predicted molar refractivity (Wildman–Crippen MR) is 98.2 cm³/mol. The van der Waals surface area contributed by atoms with E-state index in [0.717, 1.165) is 50.7 Å². The van der Waals surface area contributed by atoms with E-state index >= 15 is 0 Å². The zero-order chi connectivity index (χ0) is 16.9. The van der Waals surface area contributed by atoms with Gasteiger partial charge in [-0.3, -0.25) is 4.79 Å². The highest BCUT2D eigenvalue weighted by Crippen LogP contribution is 2.24. The first-order chi connectivity index (χ1) is 11.6. The summed E-state index contributed by atoms with van der Waals surface area (Å²) >= 11 is 1.76. The summed E-state index contributed by atoms with van der Waals surface area (Å²) in [6, 6.07) is 8.22. The number of para-hydroxylation sites is 1. The summed E-state index contributed by atoms with van der Waals surface area (Å²) in [6.07, 6.45) is 5.11. The number of thiazole rings is 1. The Bertz CT molecular complexity index is 642. The number of carbonyl (C=O) groups excluding carboxylic acids is 1. The zero-order valence-electron chi connectivity index (χ0n) is 14.3. The van der Waals surface area contributed by atoms with Crippen molar-refractivity contribution in [1.29, 1.82) is 0 Å². The minimum absolute atomic E-state index is 0.254. The Morgan fingerprint density at radius 3 is 2.79 bits per heavy atom. The van der Waals surface area contributed by atoms with E-state index in [2.05, 4.69) is 17.1 Å². The number of rotatable bonds is 6. The number of hydrogen-bond acceptors (Lipinski definition) is 4. The van der Waals surface area contributed by atoms with Gasteiger partial charge in [-0.1, -0.05) is 12.1 Å². The summed E-state index contributed by atoms with van der Waals surface area (Å²) in [7, 11) is 0. The number of likely N-dealkylation sites (tertiary alicyclic amines) is 1. The lowest BCUT2D eigenvalue weighted by Gasteiger charge is -2.33. The fourth-order valence-electron chi connectivity index (χ4n) is 3.37. The maximum Gasteiger partial charge on any atom is 0.222 e. The lowest BCUT2D eigenvalue weighted by Crippen LogP contribution is -2.40. The molecule has 0 saturated carbocycles. The molecule has 1 atom stereocenters. The Morgan fingerprint density at radius 2 is 2.08 bits per heavy atom. The standard InChI is InChI=1S/C19H26N2O2S/c1-14(22)15-10-12-21(13-11-15)19(23)9-5-4-8-18-20-16-6-2-3-7-17(16)24-18/h2-3,6-7,14-15,22H,4-5,8-13H2,1H3. The van der Waals surface area contributed by atoms with Crippen LogP contribution in [0.5, 0.6) is 0 Å². The molecule has 1 aliphatic heterocycles. The largest absolute Gasteiger partial charge is 0.393 e. The van der Waals surface area contributed by atoms with Crippen LogP contribution in [0.4, 0.5) is 0 Å². The second kappa shape index (κ2) is 8.08. The van der Waals surface area contributed by atoms with Crippen LogP contribution in [-0.2, 0) is 11.2 Å². The normalized spacial score (nSPS) is 17.3. The third-order valence-corrected chi connectivity index (χ3v) is 6.04. The van der Waals surface area contributed by atoms with E-state index in [9.17, 15) is 9.90 Å². The highest BCUT2D eigenvalue weighted by atomic mass is 32.1. The molecule has 1 aromatic heterocycles. The van der Waals surface area contributed by atoms with Gasteiger partial charge in [0.05, 0.1) is 21.3 Å². The van der Waals surface area contributed by atoms with Gasteiger partial charge in [0.2, 0.25) is 5.91 Å². The van der Waals surface area contributed by atoms with Crippen LogP contribution in [0.25, 0.3) is 10.2 Å². The first kappa shape index (κ1) is 17.4. The molecule has 5 heteroatoms. The number of aliphatic hydroxyl groups excluding tert-OH is 1. The Morgan fingerprint density at radius 1 is 1.33 bits per heavy atom. The fraction of sp³-hybridized carbons (Fsp3) is 0.579. The third-order valence-electron chi connectivity index (χ3n) is 4.94. The molecule has 2 aromatic rings. The molecule has 4 nitrogen and oxygen atoms in total. The Labute approximate surface area is 147 Å². The van der Waals surface area contributed by atoms with Crippen LogP contribution in [0, 0.1) is 5.92 Å². The molecular formula is C19H26N2O2S. The van der Waals surface area contributed by atoms with Crippen LogP contribution in [-0.4, -0.2) is 40.1 Å². The highest BCUT2D eigenvalue weighted by molar-refractivity contribution is 7.18. The number of amides is 1. The van der Waals surface area contributed by atoms with Gasteiger partial charge in [-0.25, -0.2) is 4.98 Å². The summed E-state index contributed by atoms with van der Waals surface area (Å²) in [5.74, 6) is 0.622. The molecule has 3 rings (SSSR count). The van der Waals surface area contributed by atoms with Gasteiger partial charge in [0.15, 0.2) is 0 Å². The maximum absolute atomic E-state index is 12.3. The van der Waals surface area contributed by atoms with Gasteiger partial charge in [0.1, 0.15) is 0 Å². The number of aromatic nitrogens is 1. The smallest absolute Gasteiger partial charge is 0.222 e. The summed E-state index contributed by atoms with van der Waals surface area (Å²) in [5.41, 5.74) is 1.08. The molecule has 0 aliphatic carbocycles. The lowest BCUT2D eigenvalue weighted by molar-refractivity contribution is -0.133. The van der Waals surface area contributed by atoms with E-state index < -0.39 is 0 Å². The van der Waals surface area contributed by atoms with Crippen LogP contribution in [0.3, 0.4) is 0 Å². The van der Waals surface area contributed by atoms with Crippen LogP contribution in [0.2, 0.25) is 0 Å². The van der Waals surface area contributed by atoms with Gasteiger partial charge >= 0.3 is 0 Å². The van der Waals surface area contributed by atoms with Crippen LogP contribution in [0.15, 0.2) is 24.3 Å². The van der Waals surface area contributed by atoms with E-state index in [-0.39, 0.29) is 12.0 Å². The molecule has 130 valence electrons. The van der Waals surface area contributed by atoms with Gasteiger partial charge in [-0.05, 0) is 57.1 Å². The average molecular weight is 346 g/mol. The molecule has 1 aliphatic rings. The molecule has 0 bridgehead atoms. The quantitative estimate of drug-likeness (QED) is 0.813. The molecule has 1 N–H and O–H groups in total. The maximum atomic E-state index is 12.3. The number of nitrogens with zero attached hydrogens (tertiary/aromatic N) is 2. The minimum atomic E-state index is -0.254. The number of benzene rings is 1. The van der Waals surface area contributed by atoms with Crippen LogP contribution in [0.1, 0.15) is 44.0 Å². The number of piperidine rings is 1. The van der Waals surface area contributed by atoms with E-state index in [0.29, 0.717) is 12.3 Å². The molecule has 24 heavy (non-hydrogen) atoms. The lowest BCUT2D eigenvalue weighted by atomic mass is 9.92. The number of carbonyl (C=O) groups is 1. The van der Waals surface area contributed by atoms with Crippen molar-refractivity contribution in [2.45, 2.75) is 51.6 Å². The summed E-state index contributed by atoms with van der Waals surface area (Å²) < 4.78 is 1.24. The molecule has 1 saturated heterocycles. The van der Waals surface area contributed by atoms with Gasteiger partial charge in [-0.2, -0.15) is 0 Å². The third kappa shape index (κ3) is 4.33. The number of aryl methyl sites for hydroxylation is 1. The number of fused-ring (bicyclic) bond motifs is 1.